The van der Waals surface area contributed by atoms with Crippen LogP contribution in [0.2, 0.25) is 0 Å². The number of nitrogens with one attached hydrogen (secondary N) is 3. The lowest BCUT2D eigenvalue weighted by atomic mass is 10.0. The lowest BCUT2D eigenvalue weighted by Gasteiger charge is -2.24. The van der Waals surface area contributed by atoms with E-state index in [0.29, 0.717) is 0 Å². The summed E-state index contributed by atoms with van der Waals surface area (Å²) < 4.78 is 0. The van der Waals surface area contributed by atoms with Crippen LogP contribution in [0, 0.1) is 5.92 Å². The van der Waals surface area contributed by atoms with Gasteiger partial charge in [0.1, 0.15) is 18.1 Å². The molecule has 0 saturated heterocycles. The number of aliphatic carboxylic acids is 1. The van der Waals surface area contributed by atoms with E-state index in [2.05, 4.69) is 28.6 Å². The molecule has 4 unspecified atom stereocenters. The summed E-state index contributed by atoms with van der Waals surface area (Å²) in [6.45, 7) is 3.49. The highest BCUT2D eigenvalue weighted by Gasteiger charge is 2.32. The van der Waals surface area contributed by atoms with Crippen LogP contribution >= 0.6 is 12.6 Å². The molecule has 0 aliphatic heterocycles. The molecule has 176 valence electrons. The molecular weight excluding hydrogens is 432 g/mol. The van der Waals surface area contributed by atoms with Gasteiger partial charge in [-0.1, -0.05) is 13.8 Å². The lowest BCUT2D eigenvalue weighted by Crippen LogP contribution is -2.58. The molecule has 14 heteroatoms. The first-order chi connectivity index (χ1) is 14.3. The van der Waals surface area contributed by atoms with E-state index in [0.717, 1.165) is 0 Å². The Morgan fingerprint density at radius 1 is 0.806 bits per heavy atom. The summed E-state index contributed by atoms with van der Waals surface area (Å²) in [6, 6.07) is -5.40. The van der Waals surface area contributed by atoms with Gasteiger partial charge in [-0.2, -0.15) is 12.6 Å². The summed E-state index contributed by atoms with van der Waals surface area (Å²) in [5.74, 6) is -6.09. The van der Waals surface area contributed by atoms with Gasteiger partial charge in [0.2, 0.25) is 29.5 Å². The van der Waals surface area contributed by atoms with Crippen LogP contribution in [0.25, 0.3) is 0 Å². The molecule has 10 N–H and O–H groups in total. The van der Waals surface area contributed by atoms with Gasteiger partial charge in [0.05, 0.1) is 18.9 Å². The van der Waals surface area contributed by atoms with Crippen LogP contribution in [0.4, 0.5) is 0 Å². The van der Waals surface area contributed by atoms with Crippen molar-refractivity contribution in [1.29, 1.82) is 0 Å². The smallest absolute Gasteiger partial charge is 0.326 e. The van der Waals surface area contributed by atoms with E-state index in [-0.39, 0.29) is 18.1 Å². The Morgan fingerprint density at radius 2 is 1.19 bits per heavy atom. The van der Waals surface area contributed by atoms with Crippen molar-refractivity contribution < 1.29 is 33.9 Å². The van der Waals surface area contributed by atoms with Gasteiger partial charge in [-0.05, 0) is 12.3 Å². The monoisotopic (exact) mass is 462 g/mol. The number of hydrogen-bond donors (Lipinski definition) is 8. The van der Waals surface area contributed by atoms with Crippen molar-refractivity contribution >= 4 is 48.1 Å². The Balaban J connectivity index is 5.51. The molecule has 5 amide bonds. The maximum absolute atomic E-state index is 12.6. The van der Waals surface area contributed by atoms with E-state index < -0.39 is 72.5 Å². The van der Waals surface area contributed by atoms with Gasteiger partial charge in [-0.15, -0.1) is 0 Å². The zero-order valence-corrected chi connectivity index (χ0v) is 18.2. The largest absolute Gasteiger partial charge is 0.480 e. The van der Waals surface area contributed by atoms with Crippen molar-refractivity contribution in [2.24, 2.45) is 23.1 Å². The number of primary amides is 2. The molecule has 0 heterocycles. The summed E-state index contributed by atoms with van der Waals surface area (Å²) in [7, 11) is 0. The fraction of sp³-hybridized carbons (Fsp3) is 0.647. The molecule has 0 rings (SSSR count). The zero-order valence-electron chi connectivity index (χ0n) is 17.3. The van der Waals surface area contributed by atoms with Crippen molar-refractivity contribution in [1.82, 2.24) is 16.0 Å². The first-order valence-electron chi connectivity index (χ1n) is 9.35. The minimum atomic E-state index is -1.55. The molecule has 0 bridgehead atoms. The van der Waals surface area contributed by atoms with Gasteiger partial charge in [-0.3, -0.25) is 24.0 Å². The highest BCUT2D eigenvalue weighted by atomic mass is 32.1. The van der Waals surface area contributed by atoms with E-state index in [1.165, 1.54) is 0 Å². The van der Waals surface area contributed by atoms with Crippen LogP contribution in [-0.4, -0.2) is 70.5 Å². The predicted octanol–water partition coefficient (Wildman–Crippen LogP) is -3.42. The summed E-state index contributed by atoms with van der Waals surface area (Å²) in [5.41, 5.74) is 15.7. The molecule has 0 aromatic rings. The van der Waals surface area contributed by atoms with Crippen molar-refractivity contribution in [3.8, 4) is 0 Å². The summed E-state index contributed by atoms with van der Waals surface area (Å²) in [6.07, 6.45) is -1.17. The summed E-state index contributed by atoms with van der Waals surface area (Å²) in [5, 5.41) is 15.9. The first kappa shape index (κ1) is 28.1. The Bertz CT molecular complexity index is 702. The topological polar surface area (TPSA) is 237 Å². The molecule has 0 radical (unpaired) electrons. The van der Waals surface area contributed by atoms with E-state index in [9.17, 15) is 33.9 Å². The third kappa shape index (κ3) is 11.2. The second kappa shape index (κ2) is 13.4. The van der Waals surface area contributed by atoms with Crippen molar-refractivity contribution in [3.05, 3.63) is 0 Å². The number of carbonyl (C=O) groups is 6. The number of amides is 5. The number of hydrogen-bond acceptors (Lipinski definition) is 8. The maximum Gasteiger partial charge on any atom is 0.326 e. The average molecular weight is 463 g/mol. The minimum Gasteiger partial charge on any atom is -0.480 e. The van der Waals surface area contributed by atoms with Gasteiger partial charge in [0.25, 0.3) is 0 Å². The van der Waals surface area contributed by atoms with Crippen LogP contribution < -0.4 is 33.2 Å². The lowest BCUT2D eigenvalue weighted by molar-refractivity contribution is -0.143. The van der Waals surface area contributed by atoms with E-state index in [1.54, 1.807) is 13.8 Å². The molecule has 31 heavy (non-hydrogen) atoms. The highest BCUT2D eigenvalue weighted by Crippen LogP contribution is 2.06. The SMILES string of the molecule is CC(C)CC(NC(=O)C(CC(N)=O)NC(=O)C(CC(N)=O)NC(=O)C(N)CS)C(=O)O. The van der Waals surface area contributed by atoms with E-state index >= 15 is 0 Å². The Hall–Kier alpha value is -2.87. The highest BCUT2D eigenvalue weighted by molar-refractivity contribution is 7.80. The molecular formula is C17H30N6O7S. The average Bonchev–Trinajstić information content (AvgIpc) is 2.64. The molecule has 0 aromatic heterocycles. The number of carboxylic acids is 1. The van der Waals surface area contributed by atoms with Crippen molar-refractivity contribution in [2.75, 3.05) is 5.75 Å². The second-order valence-corrected chi connectivity index (χ2v) is 7.65. The standard InChI is InChI=1S/C17H30N6O7S/c1-7(2)3-11(17(29)30)23-16(28)10(5-13(20)25)22-15(27)9(4-12(19)24)21-14(26)8(18)6-31/h7-11,31H,3-6,18H2,1-2H3,(H2,19,24)(H2,20,25)(H,21,26)(H,22,27)(H,23,28)(H,29,30). The van der Waals surface area contributed by atoms with Crippen LogP contribution in [0.15, 0.2) is 0 Å². The van der Waals surface area contributed by atoms with Crippen LogP contribution in [0.5, 0.6) is 0 Å². The van der Waals surface area contributed by atoms with Gasteiger partial charge in [-0.25, -0.2) is 4.79 Å². The molecule has 0 fully saturated rings. The van der Waals surface area contributed by atoms with Crippen LogP contribution in [-0.2, 0) is 28.8 Å². The Morgan fingerprint density at radius 3 is 1.52 bits per heavy atom. The Labute approximate surface area is 184 Å². The van der Waals surface area contributed by atoms with Crippen molar-refractivity contribution in [2.45, 2.75) is 57.3 Å². The van der Waals surface area contributed by atoms with Crippen molar-refractivity contribution in [3.63, 3.8) is 0 Å². The molecule has 0 saturated carbocycles. The van der Waals surface area contributed by atoms with Gasteiger partial charge in [0, 0.05) is 5.75 Å². The molecule has 0 aliphatic carbocycles. The number of carbonyl (C=O) groups excluding carboxylic acids is 5. The Kier molecular flexibility index (Phi) is 12.2. The third-order valence-corrected chi connectivity index (χ3v) is 4.33. The fourth-order valence-electron chi connectivity index (χ4n) is 2.42. The number of rotatable bonds is 14. The van der Waals surface area contributed by atoms with Gasteiger partial charge >= 0.3 is 5.97 Å². The zero-order chi connectivity index (χ0) is 24.3. The van der Waals surface area contributed by atoms with E-state index in [4.69, 9.17) is 17.2 Å². The fourth-order valence-corrected chi connectivity index (χ4v) is 2.59. The molecule has 4 atom stereocenters. The molecule has 13 nitrogen and oxygen atoms in total. The minimum absolute atomic E-state index is 0.0458. The van der Waals surface area contributed by atoms with Crippen LogP contribution in [0.3, 0.4) is 0 Å². The number of nitrogens with two attached hydrogens (primary N) is 3. The molecule has 0 aliphatic rings. The maximum atomic E-state index is 12.6. The number of thiol groups is 1. The number of carboxylic acid groups (broad SMARTS) is 1. The summed E-state index contributed by atoms with van der Waals surface area (Å²) >= 11 is 3.86. The van der Waals surface area contributed by atoms with Crippen LogP contribution in [0.1, 0.15) is 33.1 Å². The first-order valence-corrected chi connectivity index (χ1v) is 9.98. The second-order valence-electron chi connectivity index (χ2n) is 7.28. The normalized spacial score (nSPS) is 14.6. The van der Waals surface area contributed by atoms with Gasteiger partial charge in [0.15, 0.2) is 0 Å². The quantitative estimate of drug-likeness (QED) is 0.121. The third-order valence-electron chi connectivity index (χ3n) is 3.93. The van der Waals surface area contributed by atoms with E-state index in [1.807, 2.05) is 0 Å². The molecule has 0 spiro atoms. The predicted molar refractivity (Wildman–Crippen MR) is 112 cm³/mol. The van der Waals surface area contributed by atoms with Gasteiger partial charge < -0.3 is 38.3 Å². The summed E-state index contributed by atoms with van der Waals surface area (Å²) in [4.78, 5) is 71.1. The molecule has 0 aromatic carbocycles.